The Balaban J connectivity index is 2.41. The Morgan fingerprint density at radius 2 is 2.55 bits per heavy atom. The number of carbonyl (C=O) groups excluding carboxylic acids is 1. The maximum atomic E-state index is 10.3. The zero-order chi connectivity index (χ0) is 8.27. The van der Waals surface area contributed by atoms with Crippen LogP contribution in [-0.2, 0) is 4.74 Å². The largest absolute Gasteiger partial charge is 0.419 e. The molecule has 0 aromatic rings. The predicted octanol–water partition coefficient (Wildman–Crippen LogP) is 3.07. The lowest BCUT2D eigenvalue weighted by Gasteiger charge is -2.16. The van der Waals surface area contributed by atoms with Gasteiger partial charge >= 0.3 is 5.43 Å². The molecule has 2 nitrogen and oxygen atoms in total. The van der Waals surface area contributed by atoms with E-state index in [-0.39, 0.29) is 0 Å². The highest BCUT2D eigenvalue weighted by Crippen LogP contribution is 2.23. The molecule has 1 aliphatic carbocycles. The number of ether oxygens (including phenoxy) is 1. The van der Waals surface area contributed by atoms with Crippen molar-refractivity contribution in [2.45, 2.75) is 26.2 Å². The van der Waals surface area contributed by atoms with Crippen LogP contribution < -0.4 is 0 Å². The average molecular weight is 175 g/mol. The Bertz CT molecular complexity index is 187. The number of allylic oxidation sites excluding steroid dienone is 2. The fourth-order valence-corrected chi connectivity index (χ4v) is 1.24. The molecule has 0 spiro atoms. The Morgan fingerprint density at radius 1 is 1.82 bits per heavy atom. The van der Waals surface area contributed by atoms with E-state index in [1.54, 1.807) is 0 Å². The van der Waals surface area contributed by atoms with Crippen molar-refractivity contribution in [3.63, 3.8) is 0 Å². The van der Waals surface area contributed by atoms with E-state index in [2.05, 4.69) is 6.92 Å². The number of hydrogen-bond acceptors (Lipinski definition) is 2. The van der Waals surface area contributed by atoms with E-state index in [0.717, 1.165) is 25.0 Å². The van der Waals surface area contributed by atoms with Crippen molar-refractivity contribution in [3.8, 4) is 0 Å². The van der Waals surface area contributed by atoms with Gasteiger partial charge in [-0.2, -0.15) is 0 Å². The smallest absolute Gasteiger partial charge is 0.408 e. The molecule has 1 unspecified atom stereocenters. The minimum absolute atomic E-state index is 0.702. The lowest BCUT2D eigenvalue weighted by Crippen LogP contribution is -2.04. The molecule has 0 radical (unpaired) electrons. The number of halogens is 1. The number of rotatable bonds is 1. The summed E-state index contributed by atoms with van der Waals surface area (Å²) in [7, 11) is 0. The Morgan fingerprint density at radius 3 is 3.00 bits per heavy atom. The third-order valence-corrected chi connectivity index (χ3v) is 1.92. The van der Waals surface area contributed by atoms with Crippen LogP contribution in [0.4, 0.5) is 4.79 Å². The lowest BCUT2D eigenvalue weighted by atomic mass is 9.95. The van der Waals surface area contributed by atoms with E-state index in [1.165, 1.54) is 0 Å². The van der Waals surface area contributed by atoms with Gasteiger partial charge in [-0.3, -0.25) is 0 Å². The van der Waals surface area contributed by atoms with Crippen LogP contribution in [0.15, 0.2) is 11.8 Å². The van der Waals surface area contributed by atoms with Gasteiger partial charge in [0.2, 0.25) is 0 Å². The van der Waals surface area contributed by atoms with Gasteiger partial charge in [0.15, 0.2) is 0 Å². The van der Waals surface area contributed by atoms with E-state index in [0.29, 0.717) is 5.92 Å². The van der Waals surface area contributed by atoms with E-state index < -0.39 is 5.43 Å². The van der Waals surface area contributed by atoms with Crippen LogP contribution in [0.3, 0.4) is 0 Å². The Labute approximate surface area is 71.2 Å². The minimum atomic E-state index is -0.731. The highest BCUT2D eigenvalue weighted by molar-refractivity contribution is 6.61. The summed E-state index contributed by atoms with van der Waals surface area (Å²) in [4.78, 5) is 10.3. The van der Waals surface area contributed by atoms with Gasteiger partial charge in [-0.05, 0) is 24.8 Å². The first-order valence-corrected chi connectivity index (χ1v) is 4.12. The van der Waals surface area contributed by atoms with Crippen molar-refractivity contribution in [1.82, 2.24) is 0 Å². The van der Waals surface area contributed by atoms with Gasteiger partial charge in [0, 0.05) is 18.0 Å². The zero-order valence-corrected chi connectivity index (χ0v) is 7.23. The molecule has 0 N–H and O–H groups in total. The summed E-state index contributed by atoms with van der Waals surface area (Å²) in [5.74, 6) is 1.43. The normalized spacial score (nSPS) is 24.2. The molecule has 0 amide bonds. The number of hydrogen-bond donors (Lipinski definition) is 0. The minimum Gasteiger partial charge on any atom is -0.419 e. The van der Waals surface area contributed by atoms with Crippen molar-refractivity contribution in [1.29, 1.82) is 0 Å². The average Bonchev–Trinajstić information content (AvgIpc) is 1.93. The van der Waals surface area contributed by atoms with Crippen LogP contribution in [0, 0.1) is 5.92 Å². The van der Waals surface area contributed by atoms with Crippen molar-refractivity contribution in [2.24, 2.45) is 5.92 Å². The molecule has 11 heavy (non-hydrogen) atoms. The van der Waals surface area contributed by atoms with E-state index in [9.17, 15) is 4.79 Å². The summed E-state index contributed by atoms with van der Waals surface area (Å²) < 4.78 is 4.73. The summed E-state index contributed by atoms with van der Waals surface area (Å²) in [6.45, 7) is 2.18. The Hall–Kier alpha value is -0.500. The molecule has 1 rings (SSSR count). The van der Waals surface area contributed by atoms with Crippen molar-refractivity contribution in [3.05, 3.63) is 11.8 Å². The fraction of sp³-hybridized carbons (Fsp3) is 0.625. The molecular weight excluding hydrogens is 164 g/mol. The van der Waals surface area contributed by atoms with Crippen molar-refractivity contribution >= 4 is 17.0 Å². The first-order chi connectivity index (χ1) is 5.18. The van der Waals surface area contributed by atoms with Crippen LogP contribution in [0.25, 0.3) is 0 Å². The van der Waals surface area contributed by atoms with Crippen LogP contribution in [0.5, 0.6) is 0 Å². The van der Waals surface area contributed by atoms with Gasteiger partial charge in [-0.15, -0.1) is 0 Å². The second kappa shape index (κ2) is 3.77. The predicted molar refractivity (Wildman–Crippen MR) is 43.4 cm³/mol. The molecule has 1 aliphatic rings. The van der Waals surface area contributed by atoms with Crippen LogP contribution in [0.1, 0.15) is 26.2 Å². The first kappa shape index (κ1) is 8.60. The molecule has 0 bridgehead atoms. The van der Waals surface area contributed by atoms with Crippen molar-refractivity contribution in [2.75, 3.05) is 0 Å². The summed E-state index contributed by atoms with van der Waals surface area (Å²) in [6.07, 6.45) is 4.84. The quantitative estimate of drug-likeness (QED) is 0.571. The second-order valence-corrected chi connectivity index (χ2v) is 3.20. The summed E-state index contributed by atoms with van der Waals surface area (Å²) >= 11 is 5.05. The molecule has 62 valence electrons. The third kappa shape index (κ3) is 2.93. The summed E-state index contributed by atoms with van der Waals surface area (Å²) in [5.41, 5.74) is -0.731. The van der Waals surface area contributed by atoms with Gasteiger partial charge in [0.1, 0.15) is 5.76 Å². The molecule has 1 atom stereocenters. The SMILES string of the molecule is CC1CC=C(OC(=O)Cl)CC1. The van der Waals surface area contributed by atoms with Gasteiger partial charge in [0.25, 0.3) is 0 Å². The second-order valence-electron chi connectivity index (χ2n) is 2.89. The van der Waals surface area contributed by atoms with Gasteiger partial charge in [-0.1, -0.05) is 6.92 Å². The molecule has 0 fully saturated rings. The maximum absolute atomic E-state index is 10.3. The standard InChI is InChI=1S/C8H11ClO2/c1-6-2-4-7(5-3-6)11-8(9)10/h4,6H,2-3,5H2,1H3. The molecule has 0 aliphatic heterocycles. The Kier molecular flexibility index (Phi) is 2.94. The number of carbonyl (C=O) groups is 1. The molecular formula is C8H11ClO2. The maximum Gasteiger partial charge on any atom is 0.408 e. The van der Waals surface area contributed by atoms with Crippen molar-refractivity contribution < 1.29 is 9.53 Å². The van der Waals surface area contributed by atoms with Gasteiger partial charge in [0.05, 0.1) is 0 Å². The van der Waals surface area contributed by atoms with E-state index in [4.69, 9.17) is 16.3 Å². The highest BCUT2D eigenvalue weighted by atomic mass is 35.5. The zero-order valence-electron chi connectivity index (χ0n) is 6.47. The first-order valence-electron chi connectivity index (χ1n) is 3.75. The fourth-order valence-electron chi connectivity index (χ4n) is 1.14. The van der Waals surface area contributed by atoms with Crippen LogP contribution in [0.2, 0.25) is 0 Å². The molecule has 0 heterocycles. The third-order valence-electron chi connectivity index (χ3n) is 1.84. The molecule has 0 saturated heterocycles. The molecule has 0 saturated carbocycles. The van der Waals surface area contributed by atoms with E-state index >= 15 is 0 Å². The van der Waals surface area contributed by atoms with E-state index in [1.807, 2.05) is 6.08 Å². The molecule has 0 aromatic carbocycles. The van der Waals surface area contributed by atoms with Gasteiger partial charge in [-0.25, -0.2) is 4.79 Å². The summed E-state index contributed by atoms with van der Waals surface area (Å²) in [6, 6.07) is 0. The van der Waals surface area contributed by atoms with Gasteiger partial charge < -0.3 is 4.74 Å². The van der Waals surface area contributed by atoms with Crippen LogP contribution >= 0.6 is 11.6 Å². The lowest BCUT2D eigenvalue weighted by molar-refractivity contribution is 0.195. The molecule has 0 aromatic heterocycles. The molecule has 3 heteroatoms. The van der Waals surface area contributed by atoms with Crippen LogP contribution in [-0.4, -0.2) is 5.43 Å². The highest BCUT2D eigenvalue weighted by Gasteiger charge is 2.12. The monoisotopic (exact) mass is 174 g/mol. The topological polar surface area (TPSA) is 26.3 Å². The summed E-state index contributed by atoms with van der Waals surface area (Å²) in [5, 5.41) is 0.